The quantitative estimate of drug-likeness (QED) is 0.552. The third-order valence-corrected chi connectivity index (χ3v) is 5.58. The van der Waals surface area contributed by atoms with Gasteiger partial charge in [0, 0.05) is 4.90 Å². The Balaban J connectivity index is 1.94. The molecule has 0 spiro atoms. The van der Waals surface area contributed by atoms with Crippen LogP contribution in [0.25, 0.3) is 10.8 Å². The number of nitriles is 1. The van der Waals surface area contributed by atoms with Gasteiger partial charge in [0.2, 0.25) is 0 Å². The molecule has 0 saturated heterocycles. The number of nitrogens with zero attached hydrogens (tertiary/aromatic N) is 1. The zero-order chi connectivity index (χ0) is 17.2. The summed E-state index contributed by atoms with van der Waals surface area (Å²) < 4.78 is 27.9. The molecule has 0 radical (unpaired) electrons. The summed E-state index contributed by atoms with van der Waals surface area (Å²) in [5.74, 6) is 0. The molecule has 1 N–H and O–H groups in total. The van der Waals surface area contributed by atoms with Crippen molar-refractivity contribution >= 4 is 38.2 Å². The van der Waals surface area contributed by atoms with Crippen LogP contribution in [-0.2, 0) is 10.0 Å². The molecule has 0 bridgehead atoms. The van der Waals surface area contributed by atoms with Crippen molar-refractivity contribution in [1.29, 1.82) is 5.26 Å². The van der Waals surface area contributed by atoms with Gasteiger partial charge in [0.05, 0.1) is 10.6 Å². The third-order valence-electron chi connectivity index (χ3n) is 3.64. The Labute approximate surface area is 145 Å². The Morgan fingerprint density at radius 1 is 1.00 bits per heavy atom. The highest BCUT2D eigenvalue weighted by molar-refractivity contribution is 8.03. The first-order valence-corrected chi connectivity index (χ1v) is 9.48. The fraction of sp³-hybridized carbons (Fsp3) is 0.0556. The Morgan fingerprint density at radius 3 is 2.46 bits per heavy atom. The molecule has 0 heterocycles. The van der Waals surface area contributed by atoms with Crippen LogP contribution in [0.1, 0.15) is 5.56 Å². The lowest BCUT2D eigenvalue weighted by Gasteiger charge is -2.12. The van der Waals surface area contributed by atoms with Crippen LogP contribution in [0.5, 0.6) is 0 Å². The van der Waals surface area contributed by atoms with Crippen molar-refractivity contribution in [3.63, 3.8) is 0 Å². The minimum Gasteiger partial charge on any atom is -0.279 e. The van der Waals surface area contributed by atoms with Crippen LogP contribution in [0.3, 0.4) is 0 Å². The molecule has 0 unspecified atom stereocenters. The number of aryl methyl sites for hydroxylation is 1. The molecule has 0 saturated carbocycles. The molecule has 0 aliphatic carbocycles. The monoisotopic (exact) mass is 354 g/mol. The molecule has 24 heavy (non-hydrogen) atoms. The molecule has 6 heteroatoms. The number of sulfonamides is 1. The summed E-state index contributed by atoms with van der Waals surface area (Å²) in [4.78, 5) is 1.000. The minimum atomic E-state index is -3.67. The lowest BCUT2D eigenvalue weighted by molar-refractivity contribution is 0.601. The summed E-state index contributed by atoms with van der Waals surface area (Å²) >= 11 is 1.04. The van der Waals surface area contributed by atoms with Gasteiger partial charge in [0.1, 0.15) is 5.40 Å². The van der Waals surface area contributed by atoms with E-state index < -0.39 is 10.0 Å². The standard InChI is InChI=1S/C18H14N2O2S2/c1-13-10-16(23-12-19)7-9-18(13)20-24(21,22)17-8-6-14-4-2-3-5-15(14)11-17/h2-11,20H,1H3. The zero-order valence-electron chi connectivity index (χ0n) is 12.9. The molecule has 0 amide bonds. The second-order valence-electron chi connectivity index (χ2n) is 5.28. The van der Waals surface area contributed by atoms with Gasteiger partial charge in [-0.1, -0.05) is 30.3 Å². The summed E-state index contributed by atoms with van der Waals surface area (Å²) in [6.07, 6.45) is 0. The van der Waals surface area contributed by atoms with E-state index in [1.807, 2.05) is 29.7 Å². The summed E-state index contributed by atoms with van der Waals surface area (Å²) in [6.45, 7) is 1.81. The predicted octanol–water partition coefficient (Wildman–Crippen LogP) is 4.52. The number of rotatable bonds is 4. The number of thiocyanates is 1. The first-order chi connectivity index (χ1) is 11.5. The highest BCUT2D eigenvalue weighted by atomic mass is 32.2. The van der Waals surface area contributed by atoms with Crippen molar-refractivity contribution in [2.24, 2.45) is 0 Å². The number of benzene rings is 3. The highest BCUT2D eigenvalue weighted by Crippen LogP contribution is 2.26. The molecule has 0 aromatic heterocycles. The Morgan fingerprint density at radius 2 is 1.75 bits per heavy atom. The van der Waals surface area contributed by atoms with E-state index in [2.05, 4.69) is 4.72 Å². The lowest BCUT2D eigenvalue weighted by atomic mass is 10.1. The number of fused-ring (bicyclic) bond motifs is 1. The smallest absolute Gasteiger partial charge is 0.261 e. The van der Waals surface area contributed by atoms with Crippen molar-refractivity contribution in [2.75, 3.05) is 4.72 Å². The topological polar surface area (TPSA) is 70.0 Å². The van der Waals surface area contributed by atoms with Crippen LogP contribution in [0, 0.1) is 17.6 Å². The number of anilines is 1. The van der Waals surface area contributed by atoms with Crippen molar-refractivity contribution in [1.82, 2.24) is 0 Å². The van der Waals surface area contributed by atoms with E-state index in [1.54, 1.807) is 43.3 Å². The summed E-state index contributed by atoms with van der Waals surface area (Å²) in [5.41, 5.74) is 1.27. The average molecular weight is 354 g/mol. The van der Waals surface area contributed by atoms with Gasteiger partial charge in [0.15, 0.2) is 0 Å². The maximum absolute atomic E-state index is 12.6. The average Bonchev–Trinajstić information content (AvgIpc) is 2.57. The van der Waals surface area contributed by atoms with Crippen molar-refractivity contribution in [3.8, 4) is 5.40 Å². The molecule has 4 nitrogen and oxygen atoms in total. The van der Waals surface area contributed by atoms with Crippen LogP contribution < -0.4 is 4.72 Å². The minimum absolute atomic E-state index is 0.219. The van der Waals surface area contributed by atoms with Gasteiger partial charge >= 0.3 is 0 Å². The number of thioether (sulfide) groups is 1. The first-order valence-electron chi connectivity index (χ1n) is 7.18. The van der Waals surface area contributed by atoms with Crippen molar-refractivity contribution < 1.29 is 8.42 Å². The maximum atomic E-state index is 12.6. The molecular formula is C18H14N2O2S2. The second kappa shape index (κ2) is 6.56. The van der Waals surface area contributed by atoms with Gasteiger partial charge in [0.25, 0.3) is 10.0 Å². The number of hydrogen-bond donors (Lipinski definition) is 1. The summed E-state index contributed by atoms with van der Waals surface area (Å²) in [6, 6.07) is 17.8. The van der Waals surface area contributed by atoms with E-state index in [0.29, 0.717) is 5.69 Å². The molecule has 0 aliphatic rings. The van der Waals surface area contributed by atoms with Gasteiger partial charge < -0.3 is 0 Å². The molecule has 3 aromatic rings. The zero-order valence-corrected chi connectivity index (χ0v) is 14.5. The molecule has 3 aromatic carbocycles. The molecule has 0 aliphatic heterocycles. The lowest BCUT2D eigenvalue weighted by Crippen LogP contribution is -2.13. The van der Waals surface area contributed by atoms with Gasteiger partial charge in [-0.25, -0.2) is 8.42 Å². The normalized spacial score (nSPS) is 11.2. The SMILES string of the molecule is Cc1cc(SC#N)ccc1NS(=O)(=O)c1ccc2ccccc2c1. The van der Waals surface area contributed by atoms with Crippen molar-refractivity contribution in [2.45, 2.75) is 16.7 Å². The van der Waals surface area contributed by atoms with Gasteiger partial charge in [-0.3, -0.25) is 4.72 Å². The van der Waals surface area contributed by atoms with E-state index >= 15 is 0 Å². The largest absolute Gasteiger partial charge is 0.279 e. The Kier molecular flexibility index (Phi) is 4.47. The van der Waals surface area contributed by atoms with Gasteiger partial charge in [-0.05, 0) is 65.4 Å². The molecule has 3 rings (SSSR count). The fourth-order valence-electron chi connectivity index (χ4n) is 2.41. The van der Waals surface area contributed by atoms with Crippen molar-refractivity contribution in [3.05, 3.63) is 66.2 Å². The number of hydrogen-bond acceptors (Lipinski definition) is 4. The van der Waals surface area contributed by atoms with E-state index in [9.17, 15) is 8.42 Å². The van der Waals surface area contributed by atoms with E-state index in [0.717, 1.165) is 33.0 Å². The maximum Gasteiger partial charge on any atom is 0.261 e. The molecule has 0 atom stereocenters. The Bertz CT molecular complexity index is 1050. The van der Waals surface area contributed by atoms with Gasteiger partial charge in [-0.15, -0.1) is 0 Å². The Hall–Kier alpha value is -2.49. The van der Waals surface area contributed by atoms with Crippen LogP contribution in [0.2, 0.25) is 0 Å². The second-order valence-corrected chi connectivity index (χ2v) is 7.83. The summed E-state index contributed by atoms with van der Waals surface area (Å²) in [7, 11) is -3.67. The van der Waals surface area contributed by atoms with Crippen LogP contribution in [-0.4, -0.2) is 8.42 Å². The molecule has 120 valence electrons. The predicted molar refractivity (Wildman–Crippen MR) is 97.4 cm³/mol. The van der Waals surface area contributed by atoms with Gasteiger partial charge in [-0.2, -0.15) is 5.26 Å². The summed E-state index contributed by atoms with van der Waals surface area (Å²) in [5, 5.41) is 12.6. The highest BCUT2D eigenvalue weighted by Gasteiger charge is 2.16. The first kappa shape index (κ1) is 16.4. The molecule has 0 fully saturated rings. The third kappa shape index (κ3) is 3.37. The number of nitrogens with one attached hydrogen (secondary N) is 1. The molecular weight excluding hydrogens is 340 g/mol. The van der Waals surface area contributed by atoms with E-state index in [1.165, 1.54) is 0 Å². The van der Waals surface area contributed by atoms with E-state index in [4.69, 9.17) is 5.26 Å². The van der Waals surface area contributed by atoms with Crippen LogP contribution >= 0.6 is 11.8 Å². The van der Waals surface area contributed by atoms with E-state index in [-0.39, 0.29) is 4.90 Å². The van der Waals surface area contributed by atoms with Crippen LogP contribution in [0.15, 0.2) is 70.5 Å². The fourth-order valence-corrected chi connectivity index (χ4v) is 4.05. The van der Waals surface area contributed by atoms with Crippen LogP contribution in [0.4, 0.5) is 5.69 Å².